The van der Waals surface area contributed by atoms with E-state index in [1.54, 1.807) is 0 Å². The number of ether oxygens (including phenoxy) is 1. The van der Waals surface area contributed by atoms with Crippen LogP contribution in [0, 0.1) is 13.8 Å². The molecular weight excluding hydrogens is 250 g/mol. The van der Waals surface area contributed by atoms with Gasteiger partial charge in [-0.3, -0.25) is 4.90 Å². The number of hydrogen-bond donors (Lipinski definition) is 0. The summed E-state index contributed by atoms with van der Waals surface area (Å²) >= 11 is 0. The van der Waals surface area contributed by atoms with Gasteiger partial charge in [0.25, 0.3) is 0 Å². The molecule has 0 aromatic carbocycles. The van der Waals surface area contributed by atoms with Crippen molar-refractivity contribution < 1.29 is 4.74 Å². The van der Waals surface area contributed by atoms with Gasteiger partial charge in [-0.2, -0.15) is 0 Å². The van der Waals surface area contributed by atoms with Gasteiger partial charge in [0.1, 0.15) is 5.82 Å². The second kappa shape index (κ2) is 5.77. The van der Waals surface area contributed by atoms with Gasteiger partial charge in [0, 0.05) is 37.2 Å². The molecule has 1 fully saturated rings. The molecule has 2 aromatic rings. The normalized spacial score (nSPS) is 16.5. The van der Waals surface area contributed by atoms with Crippen molar-refractivity contribution in [1.29, 1.82) is 0 Å². The first-order chi connectivity index (χ1) is 9.75. The van der Waals surface area contributed by atoms with E-state index in [0.717, 1.165) is 38.7 Å². The second-order valence-electron chi connectivity index (χ2n) is 5.31. The molecule has 0 spiro atoms. The fourth-order valence-electron chi connectivity index (χ4n) is 2.83. The Labute approximate surface area is 120 Å². The van der Waals surface area contributed by atoms with Crippen LogP contribution in [0.25, 0.3) is 5.82 Å². The number of aryl methyl sites for hydroxylation is 1. The number of aromatic nitrogens is 2. The summed E-state index contributed by atoms with van der Waals surface area (Å²) in [4.78, 5) is 6.91. The van der Waals surface area contributed by atoms with Crippen LogP contribution in [0.3, 0.4) is 0 Å². The maximum Gasteiger partial charge on any atom is 0.136 e. The number of nitrogens with zero attached hydrogens (tertiary/aromatic N) is 3. The van der Waals surface area contributed by atoms with Gasteiger partial charge >= 0.3 is 0 Å². The van der Waals surface area contributed by atoms with Crippen molar-refractivity contribution in [2.45, 2.75) is 20.4 Å². The molecule has 20 heavy (non-hydrogen) atoms. The lowest BCUT2D eigenvalue weighted by Crippen LogP contribution is -2.35. The molecular formula is C16H21N3O. The highest BCUT2D eigenvalue weighted by Gasteiger charge is 2.16. The van der Waals surface area contributed by atoms with E-state index in [-0.39, 0.29) is 0 Å². The Hall–Kier alpha value is -1.65. The highest BCUT2D eigenvalue weighted by molar-refractivity contribution is 5.36. The predicted molar refractivity (Wildman–Crippen MR) is 79.1 cm³/mol. The monoisotopic (exact) mass is 271 g/mol. The highest BCUT2D eigenvalue weighted by atomic mass is 16.5. The topological polar surface area (TPSA) is 30.3 Å². The van der Waals surface area contributed by atoms with Crippen molar-refractivity contribution in [3.63, 3.8) is 0 Å². The van der Waals surface area contributed by atoms with Crippen LogP contribution in [0.15, 0.2) is 30.5 Å². The molecule has 4 nitrogen and oxygen atoms in total. The minimum atomic E-state index is 0.846. The van der Waals surface area contributed by atoms with Gasteiger partial charge in [0.15, 0.2) is 0 Å². The smallest absolute Gasteiger partial charge is 0.136 e. The van der Waals surface area contributed by atoms with Crippen molar-refractivity contribution in [1.82, 2.24) is 14.5 Å². The summed E-state index contributed by atoms with van der Waals surface area (Å²) in [6, 6.07) is 8.31. The van der Waals surface area contributed by atoms with Crippen molar-refractivity contribution in [2.24, 2.45) is 0 Å². The molecule has 1 aliphatic rings. The van der Waals surface area contributed by atoms with Crippen LogP contribution in [0.1, 0.15) is 17.0 Å². The van der Waals surface area contributed by atoms with Crippen molar-refractivity contribution in [3.05, 3.63) is 47.4 Å². The Bertz CT molecular complexity index is 571. The van der Waals surface area contributed by atoms with Crippen molar-refractivity contribution in [2.75, 3.05) is 26.3 Å². The van der Waals surface area contributed by atoms with E-state index in [4.69, 9.17) is 4.74 Å². The quantitative estimate of drug-likeness (QED) is 0.858. The summed E-state index contributed by atoms with van der Waals surface area (Å²) in [5.41, 5.74) is 3.91. The first kappa shape index (κ1) is 13.3. The molecule has 0 amide bonds. The largest absolute Gasteiger partial charge is 0.379 e. The van der Waals surface area contributed by atoms with E-state index in [0.29, 0.717) is 0 Å². The molecule has 3 rings (SSSR count). The number of rotatable bonds is 3. The van der Waals surface area contributed by atoms with Crippen LogP contribution in [-0.2, 0) is 11.3 Å². The van der Waals surface area contributed by atoms with Crippen LogP contribution in [0.4, 0.5) is 0 Å². The van der Waals surface area contributed by atoms with Crippen LogP contribution >= 0.6 is 0 Å². The minimum absolute atomic E-state index is 0.846. The van der Waals surface area contributed by atoms with Gasteiger partial charge in [-0.15, -0.1) is 0 Å². The molecule has 4 heteroatoms. The SMILES string of the molecule is Cc1cc(CN2CCOCC2)c(C)n1-c1ccccn1. The zero-order valence-corrected chi connectivity index (χ0v) is 12.2. The molecule has 1 aliphatic heterocycles. The average molecular weight is 271 g/mol. The van der Waals surface area contributed by atoms with Crippen LogP contribution in [-0.4, -0.2) is 40.8 Å². The van der Waals surface area contributed by atoms with E-state index < -0.39 is 0 Å². The van der Waals surface area contributed by atoms with Crippen LogP contribution < -0.4 is 0 Å². The zero-order valence-electron chi connectivity index (χ0n) is 12.2. The summed E-state index contributed by atoms with van der Waals surface area (Å²) in [7, 11) is 0. The Morgan fingerprint density at radius 3 is 2.70 bits per heavy atom. The van der Waals surface area contributed by atoms with Gasteiger partial charge in [-0.25, -0.2) is 4.98 Å². The summed E-state index contributed by atoms with van der Waals surface area (Å²) in [5, 5.41) is 0. The van der Waals surface area contributed by atoms with E-state index in [1.165, 1.54) is 17.0 Å². The van der Waals surface area contributed by atoms with Crippen LogP contribution in [0.2, 0.25) is 0 Å². The maximum absolute atomic E-state index is 5.41. The third-order valence-corrected chi connectivity index (χ3v) is 3.91. The molecule has 106 valence electrons. The second-order valence-corrected chi connectivity index (χ2v) is 5.31. The van der Waals surface area contributed by atoms with E-state index in [2.05, 4.69) is 40.4 Å². The molecule has 3 heterocycles. The van der Waals surface area contributed by atoms with Crippen LogP contribution in [0.5, 0.6) is 0 Å². The summed E-state index contributed by atoms with van der Waals surface area (Å²) in [6.45, 7) is 9.05. The molecule has 1 saturated heterocycles. The highest BCUT2D eigenvalue weighted by Crippen LogP contribution is 2.21. The fourth-order valence-corrected chi connectivity index (χ4v) is 2.83. The Kier molecular flexibility index (Phi) is 3.85. The number of hydrogen-bond acceptors (Lipinski definition) is 3. The summed E-state index contributed by atoms with van der Waals surface area (Å²) in [6.07, 6.45) is 1.84. The Morgan fingerprint density at radius 2 is 2.00 bits per heavy atom. The molecule has 0 bridgehead atoms. The van der Waals surface area contributed by atoms with Gasteiger partial charge in [-0.1, -0.05) is 6.07 Å². The summed E-state index contributed by atoms with van der Waals surface area (Å²) in [5.74, 6) is 0.996. The average Bonchev–Trinajstić information content (AvgIpc) is 2.75. The van der Waals surface area contributed by atoms with Gasteiger partial charge in [0.05, 0.1) is 13.2 Å². The lowest BCUT2D eigenvalue weighted by Gasteiger charge is -2.26. The molecule has 0 radical (unpaired) electrons. The minimum Gasteiger partial charge on any atom is -0.379 e. The van der Waals surface area contributed by atoms with Gasteiger partial charge < -0.3 is 9.30 Å². The van der Waals surface area contributed by atoms with E-state index in [1.807, 2.05) is 18.3 Å². The van der Waals surface area contributed by atoms with Gasteiger partial charge in [0.2, 0.25) is 0 Å². The van der Waals surface area contributed by atoms with Crippen molar-refractivity contribution in [3.8, 4) is 5.82 Å². The standard InChI is InChI=1S/C16H21N3O/c1-13-11-15(12-18-7-9-20-10-8-18)14(2)19(13)16-5-3-4-6-17-16/h3-6,11H,7-10,12H2,1-2H3. The Balaban J connectivity index is 1.87. The third kappa shape index (κ3) is 2.62. The molecule has 0 N–H and O–H groups in total. The lowest BCUT2D eigenvalue weighted by atomic mass is 10.2. The first-order valence-corrected chi connectivity index (χ1v) is 7.15. The zero-order chi connectivity index (χ0) is 13.9. The molecule has 0 atom stereocenters. The maximum atomic E-state index is 5.41. The van der Waals surface area contributed by atoms with Crippen molar-refractivity contribution >= 4 is 0 Å². The number of morpholine rings is 1. The molecule has 0 aliphatic carbocycles. The lowest BCUT2D eigenvalue weighted by molar-refractivity contribution is 0.0341. The summed E-state index contributed by atoms with van der Waals surface area (Å²) < 4.78 is 7.64. The molecule has 2 aromatic heterocycles. The van der Waals surface area contributed by atoms with E-state index >= 15 is 0 Å². The molecule has 0 unspecified atom stereocenters. The fraction of sp³-hybridized carbons (Fsp3) is 0.438. The third-order valence-electron chi connectivity index (χ3n) is 3.91. The molecule has 0 saturated carbocycles. The van der Waals surface area contributed by atoms with E-state index in [9.17, 15) is 0 Å². The predicted octanol–water partition coefficient (Wildman–Crippen LogP) is 2.32. The number of pyridine rings is 1. The first-order valence-electron chi connectivity index (χ1n) is 7.15. The Morgan fingerprint density at radius 1 is 1.20 bits per heavy atom. The van der Waals surface area contributed by atoms with Gasteiger partial charge in [-0.05, 0) is 37.6 Å².